The largest absolute Gasteiger partial charge is 0.326 e. The third-order valence-electron chi connectivity index (χ3n) is 5.23. The van der Waals surface area contributed by atoms with Gasteiger partial charge in [-0.3, -0.25) is 9.78 Å². The van der Waals surface area contributed by atoms with Gasteiger partial charge in [-0.15, -0.1) is 0 Å². The van der Waals surface area contributed by atoms with E-state index in [4.69, 9.17) is 0 Å². The van der Waals surface area contributed by atoms with Crippen LogP contribution in [0.5, 0.6) is 0 Å². The second-order valence-corrected chi connectivity index (χ2v) is 7.46. The quantitative estimate of drug-likeness (QED) is 0.470. The van der Waals surface area contributed by atoms with Gasteiger partial charge in [-0.1, -0.05) is 61.5 Å². The number of amides is 1. The molecule has 1 unspecified atom stereocenters. The molecule has 0 radical (unpaired) electrons. The zero-order chi connectivity index (χ0) is 20.1. The van der Waals surface area contributed by atoms with E-state index < -0.39 is 0 Å². The summed E-state index contributed by atoms with van der Waals surface area (Å²) in [5.41, 5.74) is 4.47. The van der Waals surface area contributed by atoms with Crippen LogP contribution in [0.2, 0.25) is 0 Å². The van der Waals surface area contributed by atoms with Crippen LogP contribution in [0.3, 0.4) is 0 Å². The van der Waals surface area contributed by atoms with Crippen LogP contribution >= 0.6 is 0 Å². The van der Waals surface area contributed by atoms with Crippen LogP contribution in [-0.4, -0.2) is 10.9 Å². The number of aromatic nitrogens is 1. The van der Waals surface area contributed by atoms with Crippen molar-refractivity contribution in [1.82, 2.24) is 4.98 Å². The summed E-state index contributed by atoms with van der Waals surface area (Å²) in [6.45, 7) is 1.98. The topological polar surface area (TPSA) is 42.0 Å². The molecule has 0 spiro atoms. The number of hydrogen-bond donors (Lipinski definition) is 1. The highest BCUT2D eigenvalue weighted by molar-refractivity contribution is 5.93. The number of nitrogens with one attached hydrogen (secondary N) is 1. The summed E-state index contributed by atoms with van der Waals surface area (Å²) >= 11 is 0. The first-order chi connectivity index (χ1) is 14.2. The number of pyridine rings is 1. The van der Waals surface area contributed by atoms with Gasteiger partial charge < -0.3 is 5.32 Å². The Kier molecular flexibility index (Phi) is 5.66. The average Bonchev–Trinajstić information content (AvgIpc) is 2.76. The summed E-state index contributed by atoms with van der Waals surface area (Å²) in [6.07, 6.45) is 5.18. The number of carbonyl (C=O) groups is 1. The molecule has 3 nitrogen and oxygen atoms in total. The minimum Gasteiger partial charge on any atom is -0.326 e. The fourth-order valence-corrected chi connectivity index (χ4v) is 3.60. The maximum Gasteiger partial charge on any atom is 0.227 e. The first kappa shape index (κ1) is 18.9. The molecule has 4 rings (SSSR count). The fourth-order valence-electron chi connectivity index (χ4n) is 3.60. The first-order valence-electron chi connectivity index (χ1n) is 9.94. The molecular weight excluding hydrogens is 356 g/mol. The van der Waals surface area contributed by atoms with E-state index in [-0.39, 0.29) is 11.8 Å². The van der Waals surface area contributed by atoms with Crippen molar-refractivity contribution >= 4 is 22.4 Å². The molecule has 0 bridgehead atoms. The Morgan fingerprint density at radius 3 is 2.34 bits per heavy atom. The second kappa shape index (κ2) is 8.70. The maximum absolute atomic E-state index is 12.7. The third-order valence-corrected chi connectivity index (χ3v) is 5.23. The summed E-state index contributed by atoms with van der Waals surface area (Å²) in [7, 11) is 0. The standard InChI is InChI=1S/C26H24N2O/c1-19(17-23-7-4-6-22-5-2-3-8-25(22)23)26(29)28-24-11-9-20(10-12-24)18-21-13-15-27-16-14-21/h2-16,19H,17-18H2,1H3,(H,28,29). The van der Waals surface area contributed by atoms with Crippen molar-refractivity contribution < 1.29 is 4.79 Å². The number of benzene rings is 3. The molecule has 0 aliphatic carbocycles. The molecule has 0 saturated heterocycles. The van der Waals surface area contributed by atoms with Gasteiger partial charge in [0.15, 0.2) is 0 Å². The molecule has 0 aliphatic heterocycles. The molecule has 3 heteroatoms. The van der Waals surface area contributed by atoms with E-state index in [2.05, 4.69) is 52.8 Å². The van der Waals surface area contributed by atoms with E-state index in [0.29, 0.717) is 6.42 Å². The van der Waals surface area contributed by atoms with Crippen molar-refractivity contribution in [2.75, 3.05) is 5.32 Å². The molecule has 0 aliphatic rings. The normalized spacial score (nSPS) is 11.9. The van der Waals surface area contributed by atoms with Crippen molar-refractivity contribution in [1.29, 1.82) is 0 Å². The summed E-state index contributed by atoms with van der Waals surface area (Å²) in [6, 6.07) is 26.7. The Morgan fingerprint density at radius 1 is 0.862 bits per heavy atom. The van der Waals surface area contributed by atoms with Crippen LogP contribution < -0.4 is 5.32 Å². The molecule has 144 valence electrons. The van der Waals surface area contributed by atoms with E-state index in [1.54, 1.807) is 12.4 Å². The van der Waals surface area contributed by atoms with Crippen LogP contribution in [0.1, 0.15) is 23.6 Å². The predicted octanol–water partition coefficient (Wildman–Crippen LogP) is 5.64. The Balaban J connectivity index is 1.39. The van der Waals surface area contributed by atoms with E-state index in [1.165, 1.54) is 27.5 Å². The molecule has 0 saturated carbocycles. The zero-order valence-corrected chi connectivity index (χ0v) is 16.5. The molecule has 1 heterocycles. The van der Waals surface area contributed by atoms with Gasteiger partial charge >= 0.3 is 0 Å². The minimum atomic E-state index is -0.114. The lowest BCUT2D eigenvalue weighted by Gasteiger charge is -2.14. The van der Waals surface area contributed by atoms with Crippen molar-refractivity contribution in [3.63, 3.8) is 0 Å². The summed E-state index contributed by atoms with van der Waals surface area (Å²) in [4.78, 5) is 16.8. The SMILES string of the molecule is CC(Cc1cccc2ccccc12)C(=O)Nc1ccc(Cc2ccncc2)cc1. The lowest BCUT2D eigenvalue weighted by atomic mass is 9.95. The van der Waals surface area contributed by atoms with Gasteiger partial charge in [-0.2, -0.15) is 0 Å². The smallest absolute Gasteiger partial charge is 0.227 e. The third kappa shape index (κ3) is 4.69. The van der Waals surface area contributed by atoms with Crippen molar-refractivity contribution in [3.8, 4) is 0 Å². The summed E-state index contributed by atoms with van der Waals surface area (Å²) in [5, 5.41) is 5.48. The fraction of sp³-hybridized carbons (Fsp3) is 0.154. The Bertz CT molecular complexity index is 1100. The molecular formula is C26H24N2O. The number of hydrogen-bond acceptors (Lipinski definition) is 2. The van der Waals surface area contributed by atoms with Crippen molar-refractivity contribution in [2.45, 2.75) is 19.8 Å². The van der Waals surface area contributed by atoms with Crippen LogP contribution in [0.25, 0.3) is 10.8 Å². The molecule has 1 atom stereocenters. The van der Waals surface area contributed by atoms with Gasteiger partial charge in [-0.05, 0) is 64.6 Å². The highest BCUT2D eigenvalue weighted by Gasteiger charge is 2.15. The Morgan fingerprint density at radius 2 is 1.55 bits per heavy atom. The molecule has 1 amide bonds. The summed E-state index contributed by atoms with van der Waals surface area (Å²) in [5.74, 6) is -0.0721. The van der Waals surface area contributed by atoms with Gasteiger partial charge in [0.1, 0.15) is 0 Å². The zero-order valence-electron chi connectivity index (χ0n) is 16.5. The highest BCUT2D eigenvalue weighted by atomic mass is 16.1. The Labute approximate surface area is 171 Å². The van der Waals surface area contributed by atoms with Gasteiger partial charge in [0.2, 0.25) is 5.91 Å². The number of fused-ring (bicyclic) bond motifs is 1. The van der Waals surface area contributed by atoms with Crippen LogP contribution in [0.15, 0.2) is 91.3 Å². The predicted molar refractivity (Wildman–Crippen MR) is 119 cm³/mol. The van der Waals surface area contributed by atoms with Crippen LogP contribution in [-0.2, 0) is 17.6 Å². The van der Waals surface area contributed by atoms with E-state index in [0.717, 1.165) is 12.1 Å². The first-order valence-corrected chi connectivity index (χ1v) is 9.94. The van der Waals surface area contributed by atoms with E-state index in [1.807, 2.05) is 43.3 Å². The molecule has 4 aromatic rings. The lowest BCUT2D eigenvalue weighted by molar-refractivity contribution is -0.119. The molecule has 1 N–H and O–H groups in total. The van der Waals surface area contributed by atoms with Crippen LogP contribution in [0.4, 0.5) is 5.69 Å². The number of carbonyl (C=O) groups excluding carboxylic acids is 1. The Hall–Kier alpha value is -3.46. The second-order valence-electron chi connectivity index (χ2n) is 7.46. The van der Waals surface area contributed by atoms with E-state index >= 15 is 0 Å². The van der Waals surface area contributed by atoms with Crippen molar-refractivity contribution in [2.24, 2.45) is 5.92 Å². The molecule has 1 aromatic heterocycles. The molecule has 0 fully saturated rings. The van der Waals surface area contributed by atoms with Gasteiger partial charge in [0.05, 0.1) is 0 Å². The maximum atomic E-state index is 12.7. The monoisotopic (exact) mass is 380 g/mol. The van der Waals surface area contributed by atoms with Gasteiger partial charge in [0.25, 0.3) is 0 Å². The van der Waals surface area contributed by atoms with Crippen molar-refractivity contribution in [3.05, 3.63) is 108 Å². The number of nitrogens with zero attached hydrogens (tertiary/aromatic N) is 1. The minimum absolute atomic E-state index is 0.0415. The highest BCUT2D eigenvalue weighted by Crippen LogP contribution is 2.22. The lowest BCUT2D eigenvalue weighted by Crippen LogP contribution is -2.22. The van der Waals surface area contributed by atoms with Crippen LogP contribution in [0, 0.1) is 5.92 Å². The molecule has 29 heavy (non-hydrogen) atoms. The van der Waals surface area contributed by atoms with Gasteiger partial charge in [-0.25, -0.2) is 0 Å². The average molecular weight is 380 g/mol. The van der Waals surface area contributed by atoms with Gasteiger partial charge in [0, 0.05) is 24.0 Å². The summed E-state index contributed by atoms with van der Waals surface area (Å²) < 4.78 is 0. The number of anilines is 1. The van der Waals surface area contributed by atoms with E-state index in [9.17, 15) is 4.79 Å². The number of rotatable bonds is 6. The molecule has 3 aromatic carbocycles.